The molecule has 0 spiro atoms. The van der Waals surface area contributed by atoms with Gasteiger partial charge in [-0.2, -0.15) is 0 Å². The number of nitrogens with one attached hydrogen (secondary N) is 1. The summed E-state index contributed by atoms with van der Waals surface area (Å²) in [6, 6.07) is 10.7. The summed E-state index contributed by atoms with van der Waals surface area (Å²) in [5.74, 6) is 2.20. The van der Waals surface area contributed by atoms with Crippen LogP contribution in [-0.2, 0) is 17.6 Å². The van der Waals surface area contributed by atoms with Crippen molar-refractivity contribution in [2.24, 2.45) is 5.92 Å². The second kappa shape index (κ2) is 7.53. The highest BCUT2D eigenvalue weighted by Crippen LogP contribution is 2.33. The molecule has 1 unspecified atom stereocenters. The second-order valence-corrected chi connectivity index (χ2v) is 8.44. The van der Waals surface area contributed by atoms with E-state index in [0.29, 0.717) is 6.04 Å². The smallest absolute Gasteiger partial charge is 0.225 e. The van der Waals surface area contributed by atoms with Gasteiger partial charge >= 0.3 is 0 Å². The van der Waals surface area contributed by atoms with Gasteiger partial charge in [0.15, 0.2) is 5.82 Å². The molecule has 2 aliphatic carbocycles. The van der Waals surface area contributed by atoms with Gasteiger partial charge in [-0.25, -0.2) is 9.97 Å². The number of aryl methyl sites for hydroxylation is 1. The van der Waals surface area contributed by atoms with Gasteiger partial charge < -0.3 is 10.2 Å². The SMILES string of the molecule is O=C(NC1CCC1)C1CCCN(c2nc(-c3ccccc3)nc3c2CCC3)C1. The lowest BCUT2D eigenvalue weighted by Gasteiger charge is -2.36. The number of fused-ring (bicyclic) bond motifs is 1. The van der Waals surface area contributed by atoms with E-state index < -0.39 is 0 Å². The summed E-state index contributed by atoms with van der Waals surface area (Å²) in [6.45, 7) is 1.75. The molecule has 5 nitrogen and oxygen atoms in total. The molecule has 2 aromatic rings. The van der Waals surface area contributed by atoms with E-state index in [1.807, 2.05) is 18.2 Å². The first-order valence-corrected chi connectivity index (χ1v) is 10.8. The van der Waals surface area contributed by atoms with Crippen LogP contribution in [0.2, 0.25) is 0 Å². The van der Waals surface area contributed by atoms with Gasteiger partial charge in [0, 0.05) is 36.0 Å². The first-order chi connectivity index (χ1) is 13.8. The summed E-state index contributed by atoms with van der Waals surface area (Å²) in [6.07, 6.45) is 8.78. The Morgan fingerprint density at radius 3 is 2.64 bits per heavy atom. The van der Waals surface area contributed by atoms with E-state index in [1.165, 1.54) is 17.7 Å². The molecule has 0 radical (unpaired) electrons. The maximum atomic E-state index is 12.7. The fourth-order valence-electron chi connectivity index (χ4n) is 4.65. The van der Waals surface area contributed by atoms with E-state index in [2.05, 4.69) is 22.3 Å². The molecule has 28 heavy (non-hydrogen) atoms. The Balaban J connectivity index is 1.41. The van der Waals surface area contributed by atoms with Crippen molar-refractivity contribution in [3.05, 3.63) is 41.6 Å². The summed E-state index contributed by atoms with van der Waals surface area (Å²) in [4.78, 5) is 25.0. The van der Waals surface area contributed by atoms with Crippen molar-refractivity contribution >= 4 is 11.7 Å². The van der Waals surface area contributed by atoms with Crippen LogP contribution in [0.5, 0.6) is 0 Å². The highest BCUT2D eigenvalue weighted by molar-refractivity contribution is 5.80. The normalized spacial score (nSPS) is 21.9. The van der Waals surface area contributed by atoms with Crippen LogP contribution >= 0.6 is 0 Å². The van der Waals surface area contributed by atoms with Gasteiger partial charge in [0.25, 0.3) is 0 Å². The van der Waals surface area contributed by atoms with E-state index in [0.717, 1.165) is 75.2 Å². The topological polar surface area (TPSA) is 58.1 Å². The van der Waals surface area contributed by atoms with Gasteiger partial charge in [0.1, 0.15) is 5.82 Å². The quantitative estimate of drug-likeness (QED) is 0.887. The molecular weight excluding hydrogens is 348 g/mol. The Bertz CT molecular complexity index is 862. The summed E-state index contributed by atoms with van der Waals surface area (Å²) < 4.78 is 0. The number of rotatable bonds is 4. The number of nitrogens with zero attached hydrogens (tertiary/aromatic N) is 3. The highest BCUT2D eigenvalue weighted by Gasteiger charge is 2.31. The zero-order valence-electron chi connectivity index (χ0n) is 16.4. The fraction of sp³-hybridized carbons (Fsp3) is 0.522. The van der Waals surface area contributed by atoms with Crippen LogP contribution in [0.1, 0.15) is 49.8 Å². The minimum Gasteiger partial charge on any atom is -0.355 e. The van der Waals surface area contributed by atoms with Crippen molar-refractivity contribution in [1.82, 2.24) is 15.3 Å². The number of carbonyl (C=O) groups excluding carboxylic acids is 1. The molecule has 0 bridgehead atoms. The van der Waals surface area contributed by atoms with Gasteiger partial charge in [0.2, 0.25) is 5.91 Å². The molecule has 1 aromatic heterocycles. The second-order valence-electron chi connectivity index (χ2n) is 8.44. The Kier molecular flexibility index (Phi) is 4.75. The minimum absolute atomic E-state index is 0.0709. The molecule has 5 rings (SSSR count). The third-order valence-electron chi connectivity index (χ3n) is 6.49. The monoisotopic (exact) mass is 376 g/mol. The first kappa shape index (κ1) is 17.7. The number of amides is 1. The Morgan fingerprint density at radius 2 is 1.86 bits per heavy atom. The van der Waals surface area contributed by atoms with Crippen LogP contribution < -0.4 is 10.2 Å². The van der Waals surface area contributed by atoms with E-state index in [-0.39, 0.29) is 11.8 Å². The summed E-state index contributed by atoms with van der Waals surface area (Å²) >= 11 is 0. The van der Waals surface area contributed by atoms with Crippen molar-refractivity contribution < 1.29 is 4.79 Å². The first-order valence-electron chi connectivity index (χ1n) is 10.8. The van der Waals surface area contributed by atoms with Crippen molar-refractivity contribution in [2.75, 3.05) is 18.0 Å². The van der Waals surface area contributed by atoms with Crippen LogP contribution in [0.4, 0.5) is 5.82 Å². The Morgan fingerprint density at radius 1 is 1.00 bits per heavy atom. The number of piperidine rings is 1. The molecule has 1 atom stereocenters. The Hall–Kier alpha value is -2.43. The van der Waals surface area contributed by atoms with Crippen LogP contribution in [0, 0.1) is 5.92 Å². The molecule has 146 valence electrons. The molecule has 1 saturated carbocycles. The fourth-order valence-corrected chi connectivity index (χ4v) is 4.65. The van der Waals surface area contributed by atoms with E-state index in [4.69, 9.17) is 9.97 Å². The highest BCUT2D eigenvalue weighted by atomic mass is 16.2. The molecule has 1 saturated heterocycles. The molecular formula is C23H28N4O. The lowest BCUT2D eigenvalue weighted by Crippen LogP contribution is -2.48. The van der Waals surface area contributed by atoms with Crippen molar-refractivity contribution in [1.29, 1.82) is 0 Å². The molecule has 1 aliphatic heterocycles. The zero-order valence-corrected chi connectivity index (χ0v) is 16.4. The lowest BCUT2D eigenvalue weighted by molar-refractivity contribution is -0.126. The van der Waals surface area contributed by atoms with Crippen molar-refractivity contribution in [3.63, 3.8) is 0 Å². The standard InChI is InChI=1S/C23H28N4O/c28-23(24-18-10-4-11-18)17-9-6-14-27(15-17)22-19-12-5-13-20(19)25-21(26-22)16-7-2-1-3-8-16/h1-3,7-8,17-18H,4-6,9-15H2,(H,24,28). The van der Waals surface area contributed by atoms with Crippen LogP contribution in [0.25, 0.3) is 11.4 Å². The summed E-state index contributed by atoms with van der Waals surface area (Å²) in [5.41, 5.74) is 3.57. The number of carbonyl (C=O) groups is 1. The largest absolute Gasteiger partial charge is 0.355 e. The lowest BCUT2D eigenvalue weighted by atomic mass is 9.91. The number of anilines is 1. The zero-order chi connectivity index (χ0) is 18.9. The summed E-state index contributed by atoms with van der Waals surface area (Å²) in [5, 5.41) is 3.25. The molecule has 1 aromatic carbocycles. The maximum Gasteiger partial charge on any atom is 0.225 e. The minimum atomic E-state index is 0.0709. The average Bonchev–Trinajstić information content (AvgIpc) is 3.19. The maximum absolute atomic E-state index is 12.7. The predicted octanol–water partition coefficient (Wildman–Crippen LogP) is 3.52. The third kappa shape index (κ3) is 3.38. The van der Waals surface area contributed by atoms with E-state index in [1.54, 1.807) is 0 Å². The van der Waals surface area contributed by atoms with Gasteiger partial charge in [-0.3, -0.25) is 4.79 Å². The predicted molar refractivity (Wildman–Crippen MR) is 110 cm³/mol. The number of hydrogen-bond acceptors (Lipinski definition) is 4. The van der Waals surface area contributed by atoms with Crippen molar-refractivity contribution in [2.45, 2.75) is 57.4 Å². The molecule has 1 amide bonds. The van der Waals surface area contributed by atoms with E-state index >= 15 is 0 Å². The molecule has 2 heterocycles. The molecule has 2 fully saturated rings. The molecule has 5 heteroatoms. The van der Waals surface area contributed by atoms with E-state index in [9.17, 15) is 4.79 Å². The van der Waals surface area contributed by atoms with Crippen LogP contribution in [-0.4, -0.2) is 35.0 Å². The van der Waals surface area contributed by atoms with Gasteiger partial charge in [-0.1, -0.05) is 30.3 Å². The van der Waals surface area contributed by atoms with Gasteiger partial charge in [-0.05, 0) is 51.4 Å². The number of aromatic nitrogens is 2. The number of benzene rings is 1. The van der Waals surface area contributed by atoms with Gasteiger partial charge in [0.05, 0.1) is 5.92 Å². The Labute approximate surface area is 166 Å². The van der Waals surface area contributed by atoms with Crippen LogP contribution in [0.15, 0.2) is 30.3 Å². The van der Waals surface area contributed by atoms with Crippen molar-refractivity contribution in [3.8, 4) is 11.4 Å². The molecule has 1 N–H and O–H groups in total. The van der Waals surface area contributed by atoms with Gasteiger partial charge in [-0.15, -0.1) is 0 Å². The molecule has 3 aliphatic rings. The third-order valence-corrected chi connectivity index (χ3v) is 6.49. The summed E-state index contributed by atoms with van der Waals surface area (Å²) in [7, 11) is 0. The average molecular weight is 377 g/mol. The van der Waals surface area contributed by atoms with Crippen LogP contribution in [0.3, 0.4) is 0 Å². The number of hydrogen-bond donors (Lipinski definition) is 1.